The summed E-state index contributed by atoms with van der Waals surface area (Å²) in [5, 5.41) is 3.28. The first kappa shape index (κ1) is 13.6. The number of rotatable bonds is 3. The van der Waals surface area contributed by atoms with Gasteiger partial charge in [-0.2, -0.15) is 0 Å². The van der Waals surface area contributed by atoms with E-state index in [1.54, 1.807) is 29.9 Å². The van der Waals surface area contributed by atoms with Crippen LogP contribution < -0.4 is 5.32 Å². The molecule has 0 aliphatic rings. The van der Waals surface area contributed by atoms with Gasteiger partial charge in [-0.05, 0) is 36.4 Å². The van der Waals surface area contributed by atoms with Crippen molar-refractivity contribution in [2.24, 2.45) is 0 Å². The lowest BCUT2D eigenvalue weighted by molar-refractivity contribution is -0.121. The predicted molar refractivity (Wildman–Crippen MR) is 82.0 cm³/mol. The summed E-state index contributed by atoms with van der Waals surface area (Å²) in [5.41, 5.74) is 2.33. The van der Waals surface area contributed by atoms with Crippen molar-refractivity contribution in [3.8, 4) is 11.4 Å². The molecule has 1 amide bonds. The summed E-state index contributed by atoms with van der Waals surface area (Å²) in [6.07, 6.45) is 1.69. The molecule has 1 N–H and O–H groups in total. The van der Waals surface area contributed by atoms with E-state index >= 15 is 0 Å². The molecular weight excluding hydrogens is 288 g/mol. The average Bonchev–Trinajstić information content (AvgIpc) is 2.87. The van der Waals surface area contributed by atoms with Crippen LogP contribution in [0.1, 0.15) is 0 Å². The molecule has 21 heavy (non-hydrogen) atoms. The van der Waals surface area contributed by atoms with E-state index in [1.165, 1.54) is 0 Å². The summed E-state index contributed by atoms with van der Waals surface area (Å²) in [6.45, 7) is 0.169. The second-order valence-corrected chi connectivity index (χ2v) is 4.98. The maximum Gasteiger partial charge on any atom is 0.239 e. The monoisotopic (exact) mass is 300 g/mol. The minimum absolute atomic E-state index is 0.102. The molecule has 0 bridgehead atoms. The summed E-state index contributed by atoms with van der Waals surface area (Å²) < 4.78 is 1.80. The van der Waals surface area contributed by atoms with Crippen molar-refractivity contribution < 1.29 is 4.79 Å². The lowest BCUT2D eigenvalue weighted by Crippen LogP contribution is -2.24. The van der Waals surface area contributed by atoms with Crippen molar-refractivity contribution in [1.82, 2.24) is 19.9 Å². The predicted octanol–water partition coefficient (Wildman–Crippen LogP) is 2.50. The van der Waals surface area contributed by atoms with Gasteiger partial charge in [0.1, 0.15) is 17.9 Å². The summed E-state index contributed by atoms with van der Waals surface area (Å²) in [6, 6.07) is 11.1. The Labute approximate surface area is 126 Å². The van der Waals surface area contributed by atoms with E-state index < -0.39 is 0 Å². The Morgan fingerprint density at radius 1 is 1.29 bits per heavy atom. The van der Waals surface area contributed by atoms with Crippen LogP contribution in [0.4, 0.5) is 0 Å². The standard InChI is InChI=1S/C15H13ClN4O/c1-17-13(21)9-20-14(10-4-6-11(16)7-5-10)19-12-3-2-8-18-15(12)20/h2-8H,9H2,1H3,(H,17,21). The van der Waals surface area contributed by atoms with Gasteiger partial charge in [-0.15, -0.1) is 0 Å². The van der Waals surface area contributed by atoms with Crippen LogP contribution in [0.15, 0.2) is 42.6 Å². The first-order valence-electron chi connectivity index (χ1n) is 6.47. The molecule has 0 saturated heterocycles. The third-order valence-electron chi connectivity index (χ3n) is 3.19. The molecule has 0 aliphatic carbocycles. The van der Waals surface area contributed by atoms with Crippen LogP contribution in [0.5, 0.6) is 0 Å². The van der Waals surface area contributed by atoms with Crippen LogP contribution in [0.3, 0.4) is 0 Å². The van der Waals surface area contributed by atoms with E-state index in [4.69, 9.17) is 11.6 Å². The lowest BCUT2D eigenvalue weighted by atomic mass is 10.2. The molecule has 0 radical (unpaired) electrons. The molecule has 0 saturated carbocycles. The zero-order chi connectivity index (χ0) is 14.8. The fourth-order valence-corrected chi connectivity index (χ4v) is 2.28. The van der Waals surface area contributed by atoms with E-state index in [-0.39, 0.29) is 12.5 Å². The molecule has 5 nitrogen and oxygen atoms in total. The molecule has 3 rings (SSSR count). The number of halogens is 1. The normalized spacial score (nSPS) is 10.8. The fraction of sp³-hybridized carbons (Fsp3) is 0.133. The molecule has 2 aromatic heterocycles. The van der Waals surface area contributed by atoms with Gasteiger partial charge in [-0.3, -0.25) is 9.36 Å². The molecule has 106 valence electrons. The Morgan fingerprint density at radius 3 is 2.76 bits per heavy atom. The molecule has 2 heterocycles. The Morgan fingerprint density at radius 2 is 2.05 bits per heavy atom. The first-order chi connectivity index (χ1) is 10.2. The largest absolute Gasteiger partial charge is 0.358 e. The smallest absolute Gasteiger partial charge is 0.239 e. The van der Waals surface area contributed by atoms with Crippen molar-refractivity contribution in [2.45, 2.75) is 6.54 Å². The van der Waals surface area contributed by atoms with Gasteiger partial charge in [0.25, 0.3) is 0 Å². The van der Waals surface area contributed by atoms with E-state index in [0.29, 0.717) is 16.5 Å². The summed E-state index contributed by atoms with van der Waals surface area (Å²) >= 11 is 5.92. The third kappa shape index (κ3) is 2.60. The van der Waals surface area contributed by atoms with Crippen molar-refractivity contribution in [2.75, 3.05) is 7.05 Å². The highest BCUT2D eigenvalue weighted by Crippen LogP contribution is 2.24. The van der Waals surface area contributed by atoms with Crippen LogP contribution >= 0.6 is 11.6 Å². The van der Waals surface area contributed by atoms with Gasteiger partial charge in [0, 0.05) is 23.8 Å². The van der Waals surface area contributed by atoms with Gasteiger partial charge < -0.3 is 5.32 Å². The van der Waals surface area contributed by atoms with Crippen molar-refractivity contribution in [1.29, 1.82) is 0 Å². The van der Waals surface area contributed by atoms with E-state index in [1.807, 2.05) is 24.3 Å². The quantitative estimate of drug-likeness (QED) is 0.808. The molecule has 0 unspecified atom stereocenters. The topological polar surface area (TPSA) is 59.8 Å². The number of pyridine rings is 1. The number of nitrogens with one attached hydrogen (secondary N) is 1. The number of fused-ring (bicyclic) bond motifs is 1. The van der Waals surface area contributed by atoms with Gasteiger partial charge in [0.15, 0.2) is 5.65 Å². The maximum absolute atomic E-state index is 11.8. The van der Waals surface area contributed by atoms with E-state index in [9.17, 15) is 4.79 Å². The van der Waals surface area contributed by atoms with Crippen LogP contribution in [0.25, 0.3) is 22.6 Å². The number of carbonyl (C=O) groups is 1. The fourth-order valence-electron chi connectivity index (χ4n) is 2.15. The molecule has 0 aliphatic heterocycles. The molecular formula is C15H13ClN4O. The van der Waals surface area contributed by atoms with Gasteiger partial charge in [-0.1, -0.05) is 11.6 Å². The van der Waals surface area contributed by atoms with Gasteiger partial charge in [-0.25, -0.2) is 9.97 Å². The highest BCUT2D eigenvalue weighted by atomic mass is 35.5. The second kappa shape index (κ2) is 5.54. The minimum atomic E-state index is -0.102. The Balaban J connectivity index is 2.18. The number of aromatic nitrogens is 3. The van der Waals surface area contributed by atoms with E-state index in [2.05, 4.69) is 15.3 Å². The van der Waals surface area contributed by atoms with Crippen LogP contribution in [-0.4, -0.2) is 27.5 Å². The van der Waals surface area contributed by atoms with Crippen molar-refractivity contribution in [3.05, 3.63) is 47.6 Å². The molecule has 0 fully saturated rings. The Hall–Kier alpha value is -2.40. The SMILES string of the molecule is CNC(=O)Cn1c(-c2ccc(Cl)cc2)nc2cccnc21. The number of carbonyl (C=O) groups excluding carboxylic acids is 1. The zero-order valence-corrected chi connectivity index (χ0v) is 12.1. The minimum Gasteiger partial charge on any atom is -0.358 e. The third-order valence-corrected chi connectivity index (χ3v) is 3.44. The molecule has 1 aromatic carbocycles. The summed E-state index contributed by atoms with van der Waals surface area (Å²) in [7, 11) is 1.61. The van der Waals surface area contributed by atoms with Gasteiger partial charge in [0.05, 0.1) is 0 Å². The number of likely N-dealkylation sites (N-methyl/N-ethyl adjacent to an activating group) is 1. The number of imidazole rings is 1. The van der Waals surface area contributed by atoms with Crippen LogP contribution in [0, 0.1) is 0 Å². The van der Waals surface area contributed by atoms with Crippen LogP contribution in [-0.2, 0) is 11.3 Å². The Bertz CT molecular complexity index is 795. The number of amides is 1. The number of hydrogen-bond acceptors (Lipinski definition) is 3. The number of nitrogens with zero attached hydrogens (tertiary/aromatic N) is 3. The van der Waals surface area contributed by atoms with Crippen molar-refractivity contribution in [3.63, 3.8) is 0 Å². The zero-order valence-electron chi connectivity index (χ0n) is 11.4. The first-order valence-corrected chi connectivity index (χ1v) is 6.84. The summed E-state index contributed by atoms with van der Waals surface area (Å²) in [5.74, 6) is 0.596. The average molecular weight is 301 g/mol. The van der Waals surface area contributed by atoms with Crippen molar-refractivity contribution >= 4 is 28.7 Å². The molecule has 0 atom stereocenters. The highest BCUT2D eigenvalue weighted by molar-refractivity contribution is 6.30. The van der Waals surface area contributed by atoms with Crippen LogP contribution in [0.2, 0.25) is 5.02 Å². The number of hydrogen-bond donors (Lipinski definition) is 1. The highest BCUT2D eigenvalue weighted by Gasteiger charge is 2.15. The second-order valence-electron chi connectivity index (χ2n) is 4.55. The van der Waals surface area contributed by atoms with Gasteiger partial charge in [0.2, 0.25) is 5.91 Å². The molecule has 3 aromatic rings. The lowest BCUT2D eigenvalue weighted by Gasteiger charge is -2.07. The van der Waals surface area contributed by atoms with Gasteiger partial charge >= 0.3 is 0 Å². The Kier molecular flexibility index (Phi) is 3.58. The molecule has 0 spiro atoms. The molecule has 6 heteroatoms. The number of benzene rings is 1. The summed E-state index contributed by atoms with van der Waals surface area (Å²) in [4.78, 5) is 20.7. The van der Waals surface area contributed by atoms with E-state index in [0.717, 1.165) is 11.1 Å². The maximum atomic E-state index is 11.8.